The predicted octanol–water partition coefficient (Wildman–Crippen LogP) is 3.75. The van der Waals surface area contributed by atoms with E-state index in [4.69, 9.17) is 10.5 Å². The van der Waals surface area contributed by atoms with Crippen LogP contribution in [0.3, 0.4) is 0 Å². The van der Waals surface area contributed by atoms with Gasteiger partial charge >= 0.3 is 12.1 Å². The number of carbonyl (C=O) groups is 1. The minimum atomic E-state index is -4.81. The van der Waals surface area contributed by atoms with Crippen molar-refractivity contribution in [1.82, 2.24) is 30.0 Å². The molecular weight excluding hydrogens is 541 g/mol. The maximum atomic E-state index is 14.5. The number of piperidine rings is 1. The Morgan fingerprint density at radius 1 is 1.20 bits per heavy atom. The number of nitrogens with zero attached hydrogens (tertiary/aromatic N) is 6. The zero-order valence-electron chi connectivity index (χ0n) is 23.0. The molecule has 3 aromatic heterocycles. The van der Waals surface area contributed by atoms with Crippen molar-refractivity contribution in [2.75, 3.05) is 23.7 Å². The Labute approximate surface area is 234 Å². The first-order valence-corrected chi connectivity index (χ1v) is 13.5. The predicted molar refractivity (Wildman–Crippen MR) is 144 cm³/mol. The molecule has 1 spiro atoms. The third-order valence-electron chi connectivity index (χ3n) is 8.05. The Morgan fingerprint density at radius 3 is 2.54 bits per heavy atom. The third kappa shape index (κ3) is 5.78. The fourth-order valence-electron chi connectivity index (χ4n) is 6.03. The van der Waals surface area contributed by atoms with Gasteiger partial charge in [-0.2, -0.15) is 28.2 Å². The summed E-state index contributed by atoms with van der Waals surface area (Å²) in [5.41, 5.74) is 6.68. The SMILES string of the molecule is CCC1NC(C(=O)O)CC12CCN(c1cc(O[C@H](c3ccc(C)nc3-n3ccc(C)n3)C(F)(F)F)nc(N)n1)CC2. The van der Waals surface area contributed by atoms with Gasteiger partial charge in [-0.1, -0.05) is 6.92 Å². The second-order valence-corrected chi connectivity index (χ2v) is 10.8. The molecule has 5 heterocycles. The fraction of sp³-hybridized carbons (Fsp3) is 0.519. The largest absolute Gasteiger partial charge is 0.480 e. The first-order valence-electron chi connectivity index (χ1n) is 13.5. The standard InChI is InChI=1S/C27H33F3N8O3/c1-4-19-26(14-18(33-19)24(39)40)8-11-37(12-9-26)20-13-21(35-25(31)34-20)41-22(27(28,29)30)17-6-5-15(2)32-23(17)38-10-7-16(3)36-38/h5-7,10,13,18-19,22,33H,4,8-9,11-12,14H2,1-3H3,(H,39,40)(H2,31,34,35)/t18?,19?,22-/m1/s1. The van der Waals surface area contributed by atoms with Crippen LogP contribution < -0.4 is 20.7 Å². The van der Waals surface area contributed by atoms with Crippen LogP contribution in [0, 0.1) is 19.3 Å². The van der Waals surface area contributed by atoms with Crippen molar-refractivity contribution in [1.29, 1.82) is 0 Å². The molecule has 41 heavy (non-hydrogen) atoms. The molecule has 0 aromatic carbocycles. The molecule has 2 unspecified atom stereocenters. The number of aromatic nitrogens is 5. The molecular formula is C27H33F3N8O3. The molecule has 2 aliphatic rings. The monoisotopic (exact) mass is 574 g/mol. The van der Waals surface area contributed by atoms with E-state index in [-0.39, 0.29) is 34.7 Å². The number of alkyl halides is 3. The first kappa shape index (κ1) is 28.6. The Morgan fingerprint density at radius 2 is 1.93 bits per heavy atom. The number of rotatable bonds is 7. The molecule has 0 amide bonds. The van der Waals surface area contributed by atoms with Gasteiger partial charge in [0.25, 0.3) is 0 Å². The molecule has 220 valence electrons. The molecule has 0 bridgehead atoms. The van der Waals surface area contributed by atoms with E-state index in [0.717, 1.165) is 6.42 Å². The van der Waals surface area contributed by atoms with E-state index in [0.29, 0.717) is 49.6 Å². The number of hydrogen-bond acceptors (Lipinski definition) is 9. The van der Waals surface area contributed by atoms with E-state index < -0.39 is 24.3 Å². The lowest BCUT2D eigenvalue weighted by molar-refractivity contribution is -0.198. The zero-order valence-corrected chi connectivity index (χ0v) is 23.0. The number of halogens is 3. The highest BCUT2D eigenvalue weighted by Gasteiger charge is 2.50. The maximum absolute atomic E-state index is 14.5. The Hall–Kier alpha value is -3.94. The average Bonchev–Trinajstić information content (AvgIpc) is 3.50. The Bertz CT molecular complexity index is 1420. The summed E-state index contributed by atoms with van der Waals surface area (Å²) in [7, 11) is 0. The van der Waals surface area contributed by atoms with Crippen LogP contribution in [-0.2, 0) is 4.79 Å². The number of pyridine rings is 1. The topological polar surface area (TPSA) is 144 Å². The van der Waals surface area contributed by atoms with Gasteiger partial charge in [0.15, 0.2) is 5.82 Å². The number of carboxylic acids is 1. The molecule has 0 aliphatic carbocycles. The van der Waals surface area contributed by atoms with Crippen LogP contribution in [0.5, 0.6) is 5.88 Å². The lowest BCUT2D eigenvalue weighted by atomic mass is 9.71. The molecule has 14 heteroatoms. The number of aliphatic carboxylic acids is 1. The number of aryl methyl sites for hydroxylation is 2. The Kier molecular flexibility index (Phi) is 7.53. The summed E-state index contributed by atoms with van der Waals surface area (Å²) >= 11 is 0. The van der Waals surface area contributed by atoms with E-state index in [9.17, 15) is 23.1 Å². The zero-order chi connectivity index (χ0) is 29.5. The van der Waals surface area contributed by atoms with E-state index in [1.807, 2.05) is 11.8 Å². The van der Waals surface area contributed by atoms with Crippen LogP contribution in [0.25, 0.3) is 5.82 Å². The number of nitrogens with two attached hydrogens (primary N) is 1. The van der Waals surface area contributed by atoms with Gasteiger partial charge in [0.05, 0.1) is 5.69 Å². The van der Waals surface area contributed by atoms with Crippen LogP contribution in [0.4, 0.5) is 24.9 Å². The van der Waals surface area contributed by atoms with Gasteiger partial charge < -0.3 is 25.8 Å². The molecule has 0 saturated carbocycles. The summed E-state index contributed by atoms with van der Waals surface area (Å²) in [5, 5.41) is 17.0. The quantitative estimate of drug-likeness (QED) is 0.382. The van der Waals surface area contributed by atoms with Gasteiger partial charge in [0.2, 0.25) is 17.9 Å². The molecule has 3 aromatic rings. The third-order valence-corrected chi connectivity index (χ3v) is 8.05. The van der Waals surface area contributed by atoms with E-state index >= 15 is 0 Å². The molecule has 0 radical (unpaired) electrons. The van der Waals surface area contributed by atoms with Crippen molar-refractivity contribution in [3.8, 4) is 11.7 Å². The van der Waals surface area contributed by atoms with Crippen molar-refractivity contribution in [3.63, 3.8) is 0 Å². The molecule has 11 nitrogen and oxygen atoms in total. The maximum Gasteiger partial charge on any atom is 0.429 e. The minimum absolute atomic E-state index is 0.000628. The lowest BCUT2D eigenvalue weighted by Gasteiger charge is -2.43. The number of hydrogen-bond donors (Lipinski definition) is 3. The van der Waals surface area contributed by atoms with Crippen molar-refractivity contribution in [2.45, 2.75) is 70.8 Å². The van der Waals surface area contributed by atoms with Crippen LogP contribution in [0.1, 0.15) is 55.7 Å². The summed E-state index contributed by atoms with van der Waals surface area (Å²) in [6.45, 7) is 6.51. The molecule has 2 saturated heterocycles. The van der Waals surface area contributed by atoms with Crippen LogP contribution >= 0.6 is 0 Å². The van der Waals surface area contributed by atoms with Crippen LogP contribution in [0.2, 0.25) is 0 Å². The smallest absolute Gasteiger partial charge is 0.429 e. The van der Waals surface area contributed by atoms with Crippen LogP contribution in [-0.4, -0.2) is 67.2 Å². The number of carboxylic acid groups (broad SMARTS) is 1. The summed E-state index contributed by atoms with van der Waals surface area (Å²) in [6, 6.07) is 5.32. The minimum Gasteiger partial charge on any atom is -0.480 e. The van der Waals surface area contributed by atoms with E-state index in [2.05, 4.69) is 25.4 Å². The number of ether oxygens (including phenoxy) is 1. The lowest BCUT2D eigenvalue weighted by Crippen LogP contribution is -2.46. The molecule has 4 N–H and O–H groups in total. The number of nitrogens with one attached hydrogen (secondary N) is 1. The van der Waals surface area contributed by atoms with Crippen molar-refractivity contribution in [2.24, 2.45) is 5.41 Å². The highest BCUT2D eigenvalue weighted by molar-refractivity contribution is 5.74. The molecule has 5 rings (SSSR count). The highest BCUT2D eigenvalue weighted by atomic mass is 19.4. The van der Waals surface area contributed by atoms with Crippen molar-refractivity contribution >= 4 is 17.7 Å². The molecule has 3 atom stereocenters. The van der Waals surface area contributed by atoms with Crippen LogP contribution in [0.15, 0.2) is 30.5 Å². The van der Waals surface area contributed by atoms with Gasteiger partial charge in [0.1, 0.15) is 11.9 Å². The summed E-state index contributed by atoms with van der Waals surface area (Å²) in [4.78, 5) is 26.1. The highest BCUT2D eigenvalue weighted by Crippen LogP contribution is 2.46. The van der Waals surface area contributed by atoms with E-state index in [1.165, 1.54) is 22.9 Å². The summed E-state index contributed by atoms with van der Waals surface area (Å²) < 4.78 is 50.2. The van der Waals surface area contributed by atoms with Gasteiger partial charge in [-0.3, -0.25) is 4.79 Å². The van der Waals surface area contributed by atoms with Gasteiger partial charge in [0, 0.05) is 42.7 Å². The van der Waals surface area contributed by atoms with Gasteiger partial charge in [-0.05, 0) is 63.1 Å². The van der Waals surface area contributed by atoms with Crippen molar-refractivity contribution in [3.05, 3.63) is 47.4 Å². The average molecular weight is 575 g/mol. The number of anilines is 2. The summed E-state index contributed by atoms with van der Waals surface area (Å²) in [6.07, 6.45) is -2.93. The second kappa shape index (κ2) is 10.8. The normalized spacial score (nSPS) is 21.3. The fourth-order valence-corrected chi connectivity index (χ4v) is 6.03. The summed E-state index contributed by atoms with van der Waals surface area (Å²) in [5.74, 6) is -1.05. The first-order chi connectivity index (χ1) is 19.4. The molecule has 2 fully saturated rings. The Balaban J connectivity index is 1.40. The van der Waals surface area contributed by atoms with E-state index in [1.54, 1.807) is 26.1 Å². The van der Waals surface area contributed by atoms with Gasteiger partial charge in [-0.25, -0.2) is 9.67 Å². The van der Waals surface area contributed by atoms with Gasteiger partial charge in [-0.15, -0.1) is 0 Å². The number of nitrogen functional groups attached to an aromatic ring is 1. The second-order valence-electron chi connectivity index (χ2n) is 10.8. The van der Waals surface area contributed by atoms with Crippen molar-refractivity contribution < 1.29 is 27.8 Å². The molecule has 2 aliphatic heterocycles.